The number of carboxylic acid groups (broad SMARTS) is 1. The molecule has 1 N–H and O–H groups in total. The Labute approximate surface area is 152 Å². The SMILES string of the molecule is CCCc1cc(C(=O)N2CCN(c3ccc(C(=O)O)cc3)CC2)n(C)n1. The van der Waals surface area contributed by atoms with Gasteiger partial charge in [0.2, 0.25) is 0 Å². The Balaban J connectivity index is 1.62. The van der Waals surface area contributed by atoms with E-state index in [0.29, 0.717) is 18.8 Å². The van der Waals surface area contributed by atoms with Gasteiger partial charge in [0.05, 0.1) is 11.3 Å². The van der Waals surface area contributed by atoms with E-state index in [9.17, 15) is 9.59 Å². The second kappa shape index (κ2) is 7.59. The number of rotatable bonds is 5. The van der Waals surface area contributed by atoms with E-state index in [1.54, 1.807) is 16.8 Å². The Kier molecular flexibility index (Phi) is 5.25. The smallest absolute Gasteiger partial charge is 0.335 e. The highest BCUT2D eigenvalue weighted by Crippen LogP contribution is 2.18. The molecule has 0 unspecified atom stereocenters. The van der Waals surface area contributed by atoms with E-state index in [1.165, 1.54) is 0 Å². The zero-order valence-corrected chi connectivity index (χ0v) is 15.2. The Bertz CT molecular complexity index is 790. The molecule has 1 fully saturated rings. The largest absolute Gasteiger partial charge is 0.478 e. The van der Waals surface area contributed by atoms with Gasteiger partial charge in [-0.1, -0.05) is 13.3 Å². The summed E-state index contributed by atoms with van der Waals surface area (Å²) in [5.74, 6) is -0.909. The van der Waals surface area contributed by atoms with Gasteiger partial charge < -0.3 is 14.9 Å². The summed E-state index contributed by atoms with van der Waals surface area (Å²) in [6, 6.07) is 8.75. The number of hydrogen-bond donors (Lipinski definition) is 1. The number of benzene rings is 1. The highest BCUT2D eigenvalue weighted by molar-refractivity contribution is 5.93. The normalized spacial score (nSPS) is 14.5. The molecule has 26 heavy (non-hydrogen) atoms. The van der Waals surface area contributed by atoms with Gasteiger partial charge in [-0.2, -0.15) is 5.10 Å². The summed E-state index contributed by atoms with van der Waals surface area (Å²) in [5.41, 5.74) is 2.85. The van der Waals surface area contributed by atoms with E-state index < -0.39 is 5.97 Å². The third-order valence-corrected chi connectivity index (χ3v) is 4.70. The lowest BCUT2D eigenvalue weighted by Gasteiger charge is -2.36. The first-order chi connectivity index (χ1) is 12.5. The number of aromatic nitrogens is 2. The number of hydrogen-bond acceptors (Lipinski definition) is 4. The number of carbonyl (C=O) groups is 2. The van der Waals surface area contributed by atoms with E-state index in [0.717, 1.165) is 37.3 Å². The Morgan fingerprint density at radius 2 is 1.77 bits per heavy atom. The highest BCUT2D eigenvalue weighted by atomic mass is 16.4. The Hall–Kier alpha value is -2.83. The Morgan fingerprint density at radius 1 is 1.12 bits per heavy atom. The summed E-state index contributed by atoms with van der Waals surface area (Å²) in [5, 5.41) is 13.4. The molecule has 7 heteroatoms. The zero-order valence-electron chi connectivity index (χ0n) is 15.2. The number of aromatic carboxylic acids is 1. The van der Waals surface area contributed by atoms with Crippen LogP contribution in [0.1, 0.15) is 39.9 Å². The van der Waals surface area contributed by atoms with Gasteiger partial charge in [0.15, 0.2) is 0 Å². The van der Waals surface area contributed by atoms with Crippen molar-refractivity contribution in [3.8, 4) is 0 Å². The maximum absolute atomic E-state index is 12.8. The van der Waals surface area contributed by atoms with Gasteiger partial charge in [-0.05, 0) is 36.8 Å². The molecular formula is C19H24N4O3. The fourth-order valence-electron chi connectivity index (χ4n) is 3.25. The van der Waals surface area contributed by atoms with E-state index in [2.05, 4.69) is 16.9 Å². The molecule has 1 aromatic heterocycles. The van der Waals surface area contributed by atoms with Crippen LogP contribution in [0.2, 0.25) is 0 Å². The predicted octanol–water partition coefficient (Wildman–Crippen LogP) is 2.03. The minimum Gasteiger partial charge on any atom is -0.478 e. The third-order valence-electron chi connectivity index (χ3n) is 4.70. The van der Waals surface area contributed by atoms with Crippen LogP contribution in [0.5, 0.6) is 0 Å². The number of anilines is 1. The quantitative estimate of drug-likeness (QED) is 0.887. The molecule has 7 nitrogen and oxygen atoms in total. The van der Waals surface area contributed by atoms with Crippen LogP contribution in [-0.2, 0) is 13.5 Å². The molecule has 0 bridgehead atoms. The lowest BCUT2D eigenvalue weighted by Crippen LogP contribution is -2.49. The van der Waals surface area contributed by atoms with Gasteiger partial charge in [-0.25, -0.2) is 4.79 Å². The number of nitrogens with zero attached hydrogens (tertiary/aromatic N) is 4. The highest BCUT2D eigenvalue weighted by Gasteiger charge is 2.24. The van der Waals surface area contributed by atoms with Crippen LogP contribution in [-0.4, -0.2) is 57.8 Å². The van der Waals surface area contributed by atoms with Crippen LogP contribution in [0.25, 0.3) is 0 Å². The van der Waals surface area contributed by atoms with Crippen molar-refractivity contribution in [3.63, 3.8) is 0 Å². The van der Waals surface area contributed by atoms with Gasteiger partial charge >= 0.3 is 5.97 Å². The van der Waals surface area contributed by atoms with E-state index in [1.807, 2.05) is 30.1 Å². The standard InChI is InChI=1S/C19H24N4O3/c1-3-4-15-13-17(21(2)20-15)18(24)23-11-9-22(10-12-23)16-7-5-14(6-8-16)19(25)26/h5-8,13H,3-4,9-12H2,1-2H3,(H,25,26). The minimum atomic E-state index is -0.925. The number of piperazine rings is 1. The van der Waals surface area contributed by atoms with Crippen molar-refractivity contribution in [3.05, 3.63) is 47.3 Å². The summed E-state index contributed by atoms with van der Waals surface area (Å²) < 4.78 is 1.67. The van der Waals surface area contributed by atoms with Crippen molar-refractivity contribution in [1.29, 1.82) is 0 Å². The summed E-state index contributed by atoms with van der Waals surface area (Å²) in [6.45, 7) is 4.80. The van der Waals surface area contributed by atoms with Crippen molar-refractivity contribution in [2.24, 2.45) is 7.05 Å². The van der Waals surface area contributed by atoms with Crippen LogP contribution in [0.15, 0.2) is 30.3 Å². The fraction of sp³-hybridized carbons (Fsp3) is 0.421. The molecule has 0 aliphatic carbocycles. The molecule has 0 saturated carbocycles. The lowest BCUT2D eigenvalue weighted by molar-refractivity contribution is 0.0694. The molecule has 138 valence electrons. The molecule has 3 rings (SSSR count). The average Bonchev–Trinajstić information content (AvgIpc) is 3.02. The van der Waals surface area contributed by atoms with E-state index in [-0.39, 0.29) is 11.5 Å². The molecular weight excluding hydrogens is 332 g/mol. The van der Waals surface area contributed by atoms with Crippen LogP contribution in [0.3, 0.4) is 0 Å². The predicted molar refractivity (Wildman–Crippen MR) is 98.7 cm³/mol. The molecule has 1 aromatic carbocycles. The van der Waals surface area contributed by atoms with Crippen LogP contribution >= 0.6 is 0 Å². The molecule has 2 aromatic rings. The molecule has 1 amide bonds. The van der Waals surface area contributed by atoms with Crippen LogP contribution in [0.4, 0.5) is 5.69 Å². The fourth-order valence-corrected chi connectivity index (χ4v) is 3.25. The summed E-state index contributed by atoms with van der Waals surface area (Å²) in [7, 11) is 1.81. The van der Waals surface area contributed by atoms with Gasteiger partial charge in [-0.15, -0.1) is 0 Å². The molecule has 1 saturated heterocycles. The number of amides is 1. The van der Waals surface area contributed by atoms with Crippen molar-refractivity contribution in [2.45, 2.75) is 19.8 Å². The maximum atomic E-state index is 12.8. The summed E-state index contributed by atoms with van der Waals surface area (Å²) in [6.07, 6.45) is 1.88. The van der Waals surface area contributed by atoms with Crippen LogP contribution in [0, 0.1) is 0 Å². The second-order valence-electron chi connectivity index (χ2n) is 6.53. The molecule has 1 aliphatic rings. The molecule has 0 spiro atoms. The molecule has 2 heterocycles. The van der Waals surface area contributed by atoms with Gasteiger partial charge in [0, 0.05) is 38.9 Å². The summed E-state index contributed by atoms with van der Waals surface area (Å²) >= 11 is 0. The molecule has 0 radical (unpaired) electrons. The second-order valence-corrected chi connectivity index (χ2v) is 6.53. The monoisotopic (exact) mass is 356 g/mol. The first kappa shape index (κ1) is 18.0. The van der Waals surface area contributed by atoms with Gasteiger partial charge in [0.25, 0.3) is 5.91 Å². The number of carbonyl (C=O) groups excluding carboxylic acids is 1. The topological polar surface area (TPSA) is 78.7 Å². The lowest BCUT2D eigenvalue weighted by atomic mass is 10.1. The summed E-state index contributed by atoms with van der Waals surface area (Å²) in [4.78, 5) is 27.8. The maximum Gasteiger partial charge on any atom is 0.335 e. The van der Waals surface area contributed by atoms with Crippen molar-refractivity contribution >= 4 is 17.6 Å². The first-order valence-corrected chi connectivity index (χ1v) is 8.90. The van der Waals surface area contributed by atoms with Crippen molar-refractivity contribution in [2.75, 3.05) is 31.1 Å². The van der Waals surface area contributed by atoms with E-state index in [4.69, 9.17) is 5.11 Å². The van der Waals surface area contributed by atoms with Gasteiger partial charge in [-0.3, -0.25) is 9.48 Å². The number of aryl methyl sites for hydroxylation is 2. The van der Waals surface area contributed by atoms with E-state index >= 15 is 0 Å². The minimum absolute atomic E-state index is 0.0169. The first-order valence-electron chi connectivity index (χ1n) is 8.90. The van der Waals surface area contributed by atoms with Crippen LogP contribution < -0.4 is 4.90 Å². The zero-order chi connectivity index (χ0) is 18.7. The third kappa shape index (κ3) is 3.71. The average molecular weight is 356 g/mol. The van der Waals surface area contributed by atoms with Crippen molar-refractivity contribution < 1.29 is 14.7 Å². The van der Waals surface area contributed by atoms with Crippen molar-refractivity contribution in [1.82, 2.24) is 14.7 Å². The molecule has 1 aliphatic heterocycles. The van der Waals surface area contributed by atoms with Gasteiger partial charge in [0.1, 0.15) is 5.69 Å². The Morgan fingerprint density at radius 3 is 2.35 bits per heavy atom. The number of carboxylic acids is 1. The molecule has 0 atom stereocenters.